The van der Waals surface area contributed by atoms with Crippen LogP contribution in [0.4, 0.5) is 11.4 Å². The normalized spacial score (nSPS) is 10.3. The molecule has 114 valence electrons. The van der Waals surface area contributed by atoms with Gasteiger partial charge in [0.1, 0.15) is 6.61 Å². The number of ether oxygens (including phenoxy) is 1. The SMILES string of the molecule is Nc1c(Br)cc(C(=O)OCc2ccc([N+](=O)[O-])cc2)cc1Br. The molecular formula is C14H10Br2N2O4. The summed E-state index contributed by atoms with van der Waals surface area (Å²) in [7, 11) is 0. The van der Waals surface area contributed by atoms with E-state index in [2.05, 4.69) is 31.9 Å². The summed E-state index contributed by atoms with van der Waals surface area (Å²) in [6, 6.07) is 8.94. The molecule has 0 amide bonds. The van der Waals surface area contributed by atoms with Crippen LogP contribution in [0, 0.1) is 10.1 Å². The van der Waals surface area contributed by atoms with Crippen LogP contribution in [0.15, 0.2) is 45.3 Å². The molecule has 0 fully saturated rings. The molecule has 0 saturated heterocycles. The van der Waals surface area contributed by atoms with Crippen LogP contribution >= 0.6 is 31.9 Å². The zero-order valence-corrected chi connectivity index (χ0v) is 14.3. The van der Waals surface area contributed by atoms with Gasteiger partial charge in [0.15, 0.2) is 0 Å². The summed E-state index contributed by atoms with van der Waals surface area (Å²) in [5.74, 6) is -0.514. The highest BCUT2D eigenvalue weighted by Crippen LogP contribution is 2.30. The third-order valence-corrected chi connectivity index (χ3v) is 4.14. The van der Waals surface area contributed by atoms with Crippen molar-refractivity contribution in [2.24, 2.45) is 0 Å². The first-order valence-corrected chi connectivity index (χ1v) is 7.62. The molecule has 0 heterocycles. The molecule has 0 aliphatic rings. The van der Waals surface area contributed by atoms with Gasteiger partial charge < -0.3 is 10.5 Å². The second-order valence-electron chi connectivity index (χ2n) is 4.35. The topological polar surface area (TPSA) is 95.5 Å². The second-order valence-corrected chi connectivity index (χ2v) is 6.06. The number of hydrogen-bond acceptors (Lipinski definition) is 5. The Bertz CT molecular complexity index is 709. The lowest BCUT2D eigenvalue weighted by Crippen LogP contribution is -2.06. The van der Waals surface area contributed by atoms with Crippen LogP contribution in [0.25, 0.3) is 0 Å². The average molecular weight is 430 g/mol. The van der Waals surface area contributed by atoms with Gasteiger partial charge in [-0.3, -0.25) is 10.1 Å². The molecule has 2 rings (SSSR count). The van der Waals surface area contributed by atoms with E-state index < -0.39 is 10.9 Å². The third-order valence-electron chi connectivity index (χ3n) is 2.83. The van der Waals surface area contributed by atoms with Crippen LogP contribution < -0.4 is 5.73 Å². The quantitative estimate of drug-likeness (QED) is 0.342. The van der Waals surface area contributed by atoms with Gasteiger partial charge in [-0.25, -0.2) is 4.79 Å². The average Bonchev–Trinajstić information content (AvgIpc) is 2.50. The summed E-state index contributed by atoms with van der Waals surface area (Å²) in [5.41, 5.74) is 7.24. The molecule has 0 aliphatic carbocycles. The number of carbonyl (C=O) groups excluding carboxylic acids is 1. The Morgan fingerprint density at radius 1 is 1.18 bits per heavy atom. The van der Waals surface area contributed by atoms with E-state index in [1.807, 2.05) is 0 Å². The minimum absolute atomic E-state index is 0.0125. The van der Waals surface area contributed by atoms with E-state index in [1.165, 1.54) is 12.1 Å². The van der Waals surface area contributed by atoms with Crippen molar-refractivity contribution in [3.8, 4) is 0 Å². The van der Waals surface area contributed by atoms with Crippen molar-refractivity contribution in [3.63, 3.8) is 0 Å². The molecule has 8 heteroatoms. The van der Waals surface area contributed by atoms with Crippen LogP contribution in [-0.2, 0) is 11.3 Å². The fourth-order valence-corrected chi connectivity index (χ4v) is 2.83. The van der Waals surface area contributed by atoms with Crippen molar-refractivity contribution < 1.29 is 14.5 Å². The standard InChI is InChI=1S/C14H10Br2N2O4/c15-11-5-9(6-12(16)13(11)17)14(19)22-7-8-1-3-10(4-2-8)18(20)21/h1-6H,7,17H2. The smallest absolute Gasteiger partial charge is 0.338 e. The number of nitro groups is 1. The zero-order chi connectivity index (χ0) is 16.3. The number of non-ortho nitro benzene ring substituents is 1. The summed E-state index contributed by atoms with van der Waals surface area (Å²) in [4.78, 5) is 22.1. The van der Waals surface area contributed by atoms with Gasteiger partial charge in [-0.05, 0) is 61.7 Å². The number of nitrogens with two attached hydrogens (primary N) is 1. The van der Waals surface area contributed by atoms with E-state index in [0.29, 0.717) is 25.8 Å². The highest BCUT2D eigenvalue weighted by molar-refractivity contribution is 9.11. The number of anilines is 1. The lowest BCUT2D eigenvalue weighted by Gasteiger charge is -2.08. The van der Waals surface area contributed by atoms with Crippen molar-refractivity contribution >= 4 is 49.2 Å². The molecule has 22 heavy (non-hydrogen) atoms. The van der Waals surface area contributed by atoms with Gasteiger partial charge in [0, 0.05) is 21.1 Å². The summed E-state index contributed by atoms with van der Waals surface area (Å²) < 4.78 is 6.35. The van der Waals surface area contributed by atoms with Crippen molar-refractivity contribution in [3.05, 3.63) is 66.6 Å². The number of halogens is 2. The number of esters is 1. The van der Waals surface area contributed by atoms with Gasteiger partial charge in [0.2, 0.25) is 0 Å². The fraction of sp³-hybridized carbons (Fsp3) is 0.0714. The Labute approximate surface area is 142 Å². The molecule has 2 N–H and O–H groups in total. The molecule has 0 aliphatic heterocycles. The van der Waals surface area contributed by atoms with Crippen LogP contribution in [0.5, 0.6) is 0 Å². The second kappa shape index (κ2) is 6.89. The predicted octanol–water partition coefficient (Wildman–Crippen LogP) is 4.06. The van der Waals surface area contributed by atoms with Crippen LogP contribution in [0.3, 0.4) is 0 Å². The number of benzene rings is 2. The predicted molar refractivity (Wildman–Crippen MR) is 88.5 cm³/mol. The third kappa shape index (κ3) is 3.83. The van der Waals surface area contributed by atoms with E-state index in [0.717, 1.165) is 0 Å². The number of carbonyl (C=O) groups is 1. The van der Waals surface area contributed by atoms with E-state index in [1.54, 1.807) is 24.3 Å². The number of rotatable bonds is 4. The first-order valence-electron chi connectivity index (χ1n) is 6.03. The molecule has 0 unspecified atom stereocenters. The Kier molecular flexibility index (Phi) is 5.15. The van der Waals surface area contributed by atoms with Crippen LogP contribution in [0.2, 0.25) is 0 Å². The lowest BCUT2D eigenvalue weighted by atomic mass is 10.2. The monoisotopic (exact) mass is 428 g/mol. The molecule has 0 spiro atoms. The molecular weight excluding hydrogens is 420 g/mol. The van der Waals surface area contributed by atoms with Gasteiger partial charge in [-0.1, -0.05) is 0 Å². The van der Waals surface area contributed by atoms with Crippen LogP contribution in [0.1, 0.15) is 15.9 Å². The van der Waals surface area contributed by atoms with Gasteiger partial charge in [-0.2, -0.15) is 0 Å². The summed E-state index contributed by atoms with van der Waals surface area (Å²) in [6.07, 6.45) is 0. The molecule has 0 aromatic heterocycles. The van der Waals surface area contributed by atoms with Gasteiger partial charge in [-0.15, -0.1) is 0 Å². The first kappa shape index (κ1) is 16.4. The van der Waals surface area contributed by atoms with E-state index >= 15 is 0 Å². The van der Waals surface area contributed by atoms with Crippen molar-refractivity contribution in [1.82, 2.24) is 0 Å². The van der Waals surface area contributed by atoms with Crippen molar-refractivity contribution in [2.45, 2.75) is 6.61 Å². The maximum atomic E-state index is 12.0. The molecule has 2 aromatic carbocycles. The van der Waals surface area contributed by atoms with Crippen molar-refractivity contribution in [1.29, 1.82) is 0 Å². The molecule has 0 saturated carbocycles. The molecule has 0 atom stereocenters. The molecule has 6 nitrogen and oxygen atoms in total. The van der Waals surface area contributed by atoms with E-state index in [4.69, 9.17) is 10.5 Å². The van der Waals surface area contributed by atoms with Gasteiger partial charge in [0.05, 0.1) is 16.2 Å². The maximum Gasteiger partial charge on any atom is 0.338 e. The molecule has 2 aromatic rings. The highest BCUT2D eigenvalue weighted by atomic mass is 79.9. The molecule has 0 bridgehead atoms. The van der Waals surface area contributed by atoms with Crippen molar-refractivity contribution in [2.75, 3.05) is 5.73 Å². The van der Waals surface area contributed by atoms with Crippen LogP contribution in [-0.4, -0.2) is 10.9 Å². The number of nitrogens with zero attached hydrogens (tertiary/aromatic N) is 1. The van der Waals surface area contributed by atoms with E-state index in [-0.39, 0.29) is 12.3 Å². The fourth-order valence-electron chi connectivity index (χ4n) is 1.65. The first-order chi connectivity index (χ1) is 10.4. The lowest BCUT2D eigenvalue weighted by molar-refractivity contribution is -0.384. The summed E-state index contributed by atoms with van der Waals surface area (Å²) in [5, 5.41) is 10.6. The largest absolute Gasteiger partial charge is 0.457 e. The minimum Gasteiger partial charge on any atom is -0.457 e. The molecule has 0 radical (unpaired) electrons. The van der Waals surface area contributed by atoms with Gasteiger partial charge >= 0.3 is 5.97 Å². The number of nitro benzene ring substituents is 1. The highest BCUT2D eigenvalue weighted by Gasteiger charge is 2.12. The summed E-state index contributed by atoms with van der Waals surface area (Å²) >= 11 is 6.51. The zero-order valence-electron chi connectivity index (χ0n) is 11.1. The Hall–Kier alpha value is -1.93. The van der Waals surface area contributed by atoms with Gasteiger partial charge in [0.25, 0.3) is 5.69 Å². The minimum atomic E-state index is -0.514. The Morgan fingerprint density at radius 2 is 1.73 bits per heavy atom. The Balaban J connectivity index is 2.05. The summed E-state index contributed by atoms with van der Waals surface area (Å²) in [6.45, 7) is 0.0242. The maximum absolute atomic E-state index is 12.0. The van der Waals surface area contributed by atoms with E-state index in [9.17, 15) is 14.9 Å². The number of nitrogen functional groups attached to an aromatic ring is 1. The number of hydrogen-bond donors (Lipinski definition) is 1. The Morgan fingerprint density at radius 3 is 2.23 bits per heavy atom.